The summed E-state index contributed by atoms with van der Waals surface area (Å²) >= 11 is 0. The van der Waals surface area contributed by atoms with Gasteiger partial charge in [0, 0.05) is 0 Å². The van der Waals surface area contributed by atoms with Crippen LogP contribution in [-0.2, 0) is 4.79 Å². The molecule has 0 aromatic heterocycles. The Labute approximate surface area is 72.0 Å². The van der Waals surface area contributed by atoms with E-state index in [0.29, 0.717) is 0 Å². The van der Waals surface area contributed by atoms with E-state index in [9.17, 15) is 9.90 Å². The second-order valence-electron chi connectivity index (χ2n) is 3.20. The number of nitrogens with zero attached hydrogens (tertiary/aromatic N) is 1. The lowest BCUT2D eigenvalue weighted by molar-refractivity contribution is -0.145. The third kappa shape index (κ3) is 1.56. The fourth-order valence-corrected chi connectivity index (χ4v) is 1.10. The lowest BCUT2D eigenvalue weighted by atomic mass is 9.79. The molecule has 0 fully saturated rings. The highest BCUT2D eigenvalue weighted by Crippen LogP contribution is 2.25. The molecule has 1 amide bonds. The average molecular weight is 170 g/mol. The molecule has 0 aliphatic rings. The van der Waals surface area contributed by atoms with E-state index in [2.05, 4.69) is 0 Å². The third-order valence-corrected chi connectivity index (χ3v) is 2.13. The van der Waals surface area contributed by atoms with E-state index >= 15 is 0 Å². The van der Waals surface area contributed by atoms with Gasteiger partial charge in [-0.3, -0.25) is 4.79 Å². The number of amides is 1. The Morgan fingerprint density at radius 2 is 2.00 bits per heavy atom. The van der Waals surface area contributed by atoms with E-state index in [4.69, 9.17) is 11.0 Å². The number of hydrogen-bond donors (Lipinski definition) is 2. The van der Waals surface area contributed by atoms with Crippen LogP contribution >= 0.6 is 0 Å². The minimum Gasteiger partial charge on any atom is -0.378 e. The van der Waals surface area contributed by atoms with Crippen molar-refractivity contribution in [2.45, 2.75) is 26.4 Å². The van der Waals surface area contributed by atoms with E-state index in [0.717, 1.165) is 0 Å². The van der Waals surface area contributed by atoms with E-state index in [-0.39, 0.29) is 5.92 Å². The van der Waals surface area contributed by atoms with Crippen molar-refractivity contribution in [1.82, 2.24) is 0 Å². The molecule has 3 N–H and O–H groups in total. The molecule has 68 valence electrons. The van der Waals surface area contributed by atoms with Gasteiger partial charge >= 0.3 is 0 Å². The monoisotopic (exact) mass is 170 g/mol. The predicted molar refractivity (Wildman–Crippen MR) is 43.8 cm³/mol. The Hall–Kier alpha value is -1.08. The first-order valence-electron chi connectivity index (χ1n) is 3.79. The quantitative estimate of drug-likeness (QED) is 0.625. The number of rotatable bonds is 3. The van der Waals surface area contributed by atoms with Crippen LogP contribution in [0.15, 0.2) is 0 Å². The van der Waals surface area contributed by atoms with Crippen LogP contribution in [-0.4, -0.2) is 16.6 Å². The standard InChI is InChI=1S/C8H14N2O2/c1-5(2)8(12,7(10)11)6(3)4-9/h5-6,12H,1-3H3,(H2,10,11). The van der Waals surface area contributed by atoms with Gasteiger partial charge in [-0.05, 0) is 12.8 Å². The highest BCUT2D eigenvalue weighted by atomic mass is 16.3. The predicted octanol–water partition coefficient (Wildman–Crippen LogP) is 0.0185. The maximum absolute atomic E-state index is 10.9. The van der Waals surface area contributed by atoms with Gasteiger partial charge in [-0.2, -0.15) is 5.26 Å². The van der Waals surface area contributed by atoms with Crippen molar-refractivity contribution < 1.29 is 9.90 Å². The number of carbonyl (C=O) groups is 1. The molecule has 2 unspecified atom stereocenters. The Kier molecular flexibility index (Phi) is 3.23. The van der Waals surface area contributed by atoms with Gasteiger partial charge < -0.3 is 10.8 Å². The zero-order valence-corrected chi connectivity index (χ0v) is 7.53. The molecule has 0 spiro atoms. The van der Waals surface area contributed by atoms with Gasteiger partial charge in [-0.25, -0.2) is 0 Å². The summed E-state index contributed by atoms with van der Waals surface area (Å²) in [7, 11) is 0. The molecule has 4 nitrogen and oxygen atoms in total. The van der Waals surface area contributed by atoms with Crippen LogP contribution in [0, 0.1) is 23.2 Å². The van der Waals surface area contributed by atoms with Crippen molar-refractivity contribution in [2.24, 2.45) is 17.6 Å². The lowest BCUT2D eigenvalue weighted by Gasteiger charge is -2.30. The number of hydrogen-bond acceptors (Lipinski definition) is 3. The molecule has 0 aliphatic carbocycles. The van der Waals surface area contributed by atoms with Crippen molar-refractivity contribution in [3.05, 3.63) is 0 Å². The van der Waals surface area contributed by atoms with Crippen LogP contribution in [0.1, 0.15) is 20.8 Å². The molecule has 0 heterocycles. The zero-order chi connectivity index (χ0) is 9.94. The Balaban J connectivity index is 4.90. The van der Waals surface area contributed by atoms with Crippen molar-refractivity contribution in [3.63, 3.8) is 0 Å². The van der Waals surface area contributed by atoms with E-state index in [1.807, 2.05) is 6.07 Å². The Bertz CT molecular complexity index is 220. The molecule has 0 rings (SSSR count). The largest absolute Gasteiger partial charge is 0.378 e. The first-order valence-corrected chi connectivity index (χ1v) is 3.79. The van der Waals surface area contributed by atoms with Gasteiger partial charge in [0.05, 0.1) is 12.0 Å². The van der Waals surface area contributed by atoms with E-state index < -0.39 is 17.4 Å². The van der Waals surface area contributed by atoms with Gasteiger partial charge in [-0.1, -0.05) is 13.8 Å². The first kappa shape index (κ1) is 10.9. The fraction of sp³-hybridized carbons (Fsp3) is 0.750. The summed E-state index contributed by atoms with van der Waals surface area (Å²) in [5.74, 6) is -1.98. The summed E-state index contributed by atoms with van der Waals surface area (Å²) < 4.78 is 0. The number of carbonyl (C=O) groups excluding carboxylic acids is 1. The Morgan fingerprint density at radius 3 is 2.08 bits per heavy atom. The maximum Gasteiger partial charge on any atom is 0.251 e. The third-order valence-electron chi connectivity index (χ3n) is 2.13. The molecule has 0 radical (unpaired) electrons. The lowest BCUT2D eigenvalue weighted by Crippen LogP contribution is -2.52. The van der Waals surface area contributed by atoms with Gasteiger partial charge in [-0.15, -0.1) is 0 Å². The summed E-state index contributed by atoms with van der Waals surface area (Å²) in [6.45, 7) is 4.78. The molecular formula is C8H14N2O2. The molecule has 0 aromatic rings. The molecule has 0 bridgehead atoms. The number of nitrogens with two attached hydrogens (primary N) is 1. The van der Waals surface area contributed by atoms with Crippen molar-refractivity contribution in [3.8, 4) is 6.07 Å². The summed E-state index contributed by atoms with van der Waals surface area (Å²) in [5, 5.41) is 18.3. The molecule has 0 saturated heterocycles. The van der Waals surface area contributed by atoms with Gasteiger partial charge in [0.15, 0.2) is 5.60 Å². The SMILES string of the molecule is CC(C)C(O)(C(N)=O)C(C)C#N. The molecule has 2 atom stereocenters. The minimum atomic E-state index is -1.71. The number of nitriles is 1. The summed E-state index contributed by atoms with van der Waals surface area (Å²) in [6, 6.07) is 1.82. The normalized spacial score (nSPS) is 18.0. The number of aliphatic hydroxyl groups is 1. The van der Waals surface area contributed by atoms with Crippen LogP contribution < -0.4 is 5.73 Å². The second kappa shape index (κ2) is 3.55. The van der Waals surface area contributed by atoms with Crippen LogP contribution in [0.4, 0.5) is 0 Å². The molecular weight excluding hydrogens is 156 g/mol. The van der Waals surface area contributed by atoms with Gasteiger partial charge in [0.1, 0.15) is 0 Å². The van der Waals surface area contributed by atoms with Crippen LogP contribution in [0.3, 0.4) is 0 Å². The average Bonchev–Trinajstić information content (AvgIpc) is 2.00. The topological polar surface area (TPSA) is 87.1 Å². The van der Waals surface area contributed by atoms with E-state index in [1.54, 1.807) is 13.8 Å². The number of primary amides is 1. The fourth-order valence-electron chi connectivity index (χ4n) is 1.10. The van der Waals surface area contributed by atoms with E-state index in [1.165, 1.54) is 6.92 Å². The smallest absolute Gasteiger partial charge is 0.251 e. The molecule has 0 aromatic carbocycles. The van der Waals surface area contributed by atoms with Crippen LogP contribution in [0.5, 0.6) is 0 Å². The maximum atomic E-state index is 10.9. The van der Waals surface area contributed by atoms with Crippen molar-refractivity contribution >= 4 is 5.91 Å². The molecule has 0 saturated carbocycles. The van der Waals surface area contributed by atoms with Crippen molar-refractivity contribution in [2.75, 3.05) is 0 Å². The molecule has 0 aliphatic heterocycles. The molecule has 4 heteroatoms. The second-order valence-corrected chi connectivity index (χ2v) is 3.20. The summed E-state index contributed by atoms with van der Waals surface area (Å²) in [5.41, 5.74) is 3.29. The van der Waals surface area contributed by atoms with Gasteiger partial charge in [0.25, 0.3) is 5.91 Å². The Morgan fingerprint density at radius 1 is 1.58 bits per heavy atom. The van der Waals surface area contributed by atoms with Crippen LogP contribution in [0.25, 0.3) is 0 Å². The summed E-state index contributed by atoms with van der Waals surface area (Å²) in [4.78, 5) is 10.9. The zero-order valence-electron chi connectivity index (χ0n) is 7.53. The first-order chi connectivity index (χ1) is 5.37. The van der Waals surface area contributed by atoms with Crippen LogP contribution in [0.2, 0.25) is 0 Å². The molecule has 12 heavy (non-hydrogen) atoms. The highest BCUT2D eigenvalue weighted by molar-refractivity contribution is 5.84. The van der Waals surface area contributed by atoms with Crippen molar-refractivity contribution in [1.29, 1.82) is 5.26 Å². The van der Waals surface area contributed by atoms with Gasteiger partial charge in [0.2, 0.25) is 0 Å². The minimum absolute atomic E-state index is 0.357. The highest BCUT2D eigenvalue weighted by Gasteiger charge is 2.43. The summed E-state index contributed by atoms with van der Waals surface area (Å²) in [6.07, 6.45) is 0.